The van der Waals surface area contributed by atoms with Crippen molar-refractivity contribution in [2.24, 2.45) is 0 Å². The zero-order valence-corrected chi connectivity index (χ0v) is 10.1. The number of ketones is 1. The molecule has 0 unspecified atom stereocenters. The molecule has 0 saturated heterocycles. The van der Waals surface area contributed by atoms with Crippen molar-refractivity contribution in [3.8, 4) is 11.5 Å². The van der Waals surface area contributed by atoms with Gasteiger partial charge in [-0.05, 0) is 13.0 Å². The lowest BCUT2D eigenvalue weighted by atomic mass is 10.0. The molecule has 16 heavy (non-hydrogen) atoms. The van der Waals surface area contributed by atoms with E-state index in [1.54, 1.807) is 14.0 Å². The number of rotatable bonds is 3. The summed E-state index contributed by atoms with van der Waals surface area (Å²) in [6.07, 6.45) is 1.12. The Hall–Kier alpha value is -1.22. The summed E-state index contributed by atoms with van der Waals surface area (Å²) in [5.74, 6) is 1.45. The van der Waals surface area contributed by atoms with Gasteiger partial charge in [0.05, 0.1) is 18.7 Å². The Morgan fingerprint density at radius 1 is 1.62 bits per heavy atom. The molecule has 0 aliphatic carbocycles. The van der Waals surface area contributed by atoms with E-state index >= 15 is 0 Å². The van der Waals surface area contributed by atoms with Gasteiger partial charge in [0.25, 0.3) is 0 Å². The maximum absolute atomic E-state index is 11.2. The van der Waals surface area contributed by atoms with Gasteiger partial charge in [0.1, 0.15) is 17.3 Å². The lowest BCUT2D eigenvalue weighted by Crippen LogP contribution is -2.01. The number of hydrogen-bond donors (Lipinski definition) is 0. The highest BCUT2D eigenvalue weighted by Crippen LogP contribution is 2.41. The molecule has 1 aromatic carbocycles. The molecule has 0 bridgehead atoms. The van der Waals surface area contributed by atoms with Crippen molar-refractivity contribution >= 4 is 17.4 Å². The van der Waals surface area contributed by atoms with Crippen LogP contribution < -0.4 is 9.47 Å². The van der Waals surface area contributed by atoms with Crippen LogP contribution in [0.25, 0.3) is 0 Å². The number of carbonyl (C=O) groups is 1. The van der Waals surface area contributed by atoms with Crippen LogP contribution in [-0.4, -0.2) is 19.5 Å². The van der Waals surface area contributed by atoms with E-state index < -0.39 is 0 Å². The number of fused-ring (bicyclic) bond motifs is 1. The van der Waals surface area contributed by atoms with Crippen LogP contribution in [0.5, 0.6) is 11.5 Å². The van der Waals surface area contributed by atoms with Gasteiger partial charge in [-0.25, -0.2) is 0 Å². The summed E-state index contributed by atoms with van der Waals surface area (Å²) >= 11 is 6.23. The molecule has 4 heteroatoms. The maximum atomic E-state index is 11.2. The Bertz CT molecular complexity index is 440. The van der Waals surface area contributed by atoms with E-state index in [1.807, 2.05) is 6.07 Å². The minimum Gasteiger partial charge on any atom is -0.495 e. The van der Waals surface area contributed by atoms with Gasteiger partial charge in [-0.3, -0.25) is 4.79 Å². The maximum Gasteiger partial charge on any atom is 0.141 e. The van der Waals surface area contributed by atoms with Crippen LogP contribution in [0, 0.1) is 0 Å². The summed E-state index contributed by atoms with van der Waals surface area (Å²) in [6.45, 7) is 2.18. The Kier molecular flexibility index (Phi) is 3.06. The number of halogens is 1. The first-order chi connectivity index (χ1) is 7.63. The van der Waals surface area contributed by atoms with Gasteiger partial charge in [0, 0.05) is 24.0 Å². The van der Waals surface area contributed by atoms with Crippen LogP contribution in [0.15, 0.2) is 6.07 Å². The molecule has 1 heterocycles. The Morgan fingerprint density at radius 2 is 2.38 bits per heavy atom. The second kappa shape index (κ2) is 4.34. The van der Waals surface area contributed by atoms with Crippen LogP contribution in [-0.2, 0) is 17.6 Å². The first-order valence-corrected chi connectivity index (χ1v) is 5.51. The molecule has 1 aliphatic heterocycles. The Balaban J connectivity index is 2.52. The second-order valence-corrected chi connectivity index (χ2v) is 4.21. The van der Waals surface area contributed by atoms with Gasteiger partial charge in [-0.15, -0.1) is 0 Å². The fourth-order valence-electron chi connectivity index (χ4n) is 1.94. The fourth-order valence-corrected chi connectivity index (χ4v) is 2.33. The molecule has 0 radical (unpaired) electrons. The number of hydrogen-bond acceptors (Lipinski definition) is 3. The predicted molar refractivity (Wildman–Crippen MR) is 61.6 cm³/mol. The molecule has 1 aliphatic rings. The third-order valence-electron chi connectivity index (χ3n) is 2.61. The molecule has 0 saturated carbocycles. The number of ether oxygens (including phenoxy) is 2. The first kappa shape index (κ1) is 11.3. The van der Waals surface area contributed by atoms with Crippen LogP contribution in [0.3, 0.4) is 0 Å². The number of Topliss-reactive ketones (excluding diaryl/α,β-unsaturated/α-hetero) is 1. The minimum atomic E-state index is 0.0762. The first-order valence-electron chi connectivity index (χ1n) is 5.14. The van der Waals surface area contributed by atoms with E-state index in [0.29, 0.717) is 23.8 Å². The van der Waals surface area contributed by atoms with Crippen molar-refractivity contribution in [2.45, 2.75) is 19.8 Å². The average molecular weight is 241 g/mol. The number of carbonyl (C=O) groups excluding carboxylic acids is 1. The van der Waals surface area contributed by atoms with Crippen molar-refractivity contribution in [2.75, 3.05) is 13.7 Å². The molecule has 86 valence electrons. The standard InChI is InChI=1S/C12H13ClO3/c1-7(14)5-8-6-10-9(3-4-16-10)11(13)12(8)15-2/h6H,3-5H2,1-2H3. The normalized spacial score (nSPS) is 13.2. The van der Waals surface area contributed by atoms with Crippen molar-refractivity contribution in [1.29, 1.82) is 0 Å². The number of benzene rings is 1. The molecule has 0 N–H and O–H groups in total. The van der Waals surface area contributed by atoms with Crippen LogP contribution in [0.1, 0.15) is 18.1 Å². The molecular weight excluding hydrogens is 228 g/mol. The average Bonchev–Trinajstić information content (AvgIpc) is 2.65. The second-order valence-electron chi connectivity index (χ2n) is 3.84. The molecule has 0 aromatic heterocycles. The summed E-state index contributed by atoms with van der Waals surface area (Å²) in [6, 6.07) is 1.86. The van der Waals surface area contributed by atoms with Gasteiger partial charge in [-0.1, -0.05) is 11.6 Å². The van der Waals surface area contributed by atoms with Gasteiger partial charge in [0.15, 0.2) is 0 Å². The fraction of sp³-hybridized carbons (Fsp3) is 0.417. The van der Waals surface area contributed by atoms with Gasteiger partial charge >= 0.3 is 0 Å². The highest BCUT2D eigenvalue weighted by molar-refractivity contribution is 6.33. The summed E-state index contributed by atoms with van der Waals surface area (Å²) in [4.78, 5) is 11.2. The van der Waals surface area contributed by atoms with Crippen molar-refractivity contribution in [3.63, 3.8) is 0 Å². The molecule has 0 atom stereocenters. The molecular formula is C12H13ClO3. The summed E-state index contributed by atoms with van der Waals surface area (Å²) < 4.78 is 10.7. The highest BCUT2D eigenvalue weighted by Gasteiger charge is 2.22. The van der Waals surface area contributed by atoms with E-state index in [9.17, 15) is 4.79 Å². The quantitative estimate of drug-likeness (QED) is 0.814. The van der Waals surface area contributed by atoms with Gasteiger partial charge < -0.3 is 9.47 Å². The van der Waals surface area contributed by atoms with Crippen molar-refractivity contribution in [3.05, 3.63) is 22.2 Å². The molecule has 0 spiro atoms. The molecule has 3 nitrogen and oxygen atoms in total. The topological polar surface area (TPSA) is 35.5 Å². The van der Waals surface area contributed by atoms with Crippen molar-refractivity contribution in [1.82, 2.24) is 0 Å². The number of methoxy groups -OCH3 is 1. The monoisotopic (exact) mass is 240 g/mol. The van der Waals surface area contributed by atoms with E-state index in [4.69, 9.17) is 21.1 Å². The zero-order chi connectivity index (χ0) is 11.7. The molecule has 0 amide bonds. The van der Waals surface area contributed by atoms with Crippen LogP contribution in [0.4, 0.5) is 0 Å². The highest BCUT2D eigenvalue weighted by atomic mass is 35.5. The van der Waals surface area contributed by atoms with E-state index in [0.717, 1.165) is 23.3 Å². The summed E-state index contributed by atoms with van der Waals surface area (Å²) in [5, 5.41) is 0.578. The molecule has 1 aromatic rings. The van der Waals surface area contributed by atoms with E-state index in [2.05, 4.69) is 0 Å². The van der Waals surface area contributed by atoms with Gasteiger partial charge in [0.2, 0.25) is 0 Å². The zero-order valence-electron chi connectivity index (χ0n) is 9.30. The third-order valence-corrected chi connectivity index (χ3v) is 3.01. The largest absolute Gasteiger partial charge is 0.495 e. The Morgan fingerprint density at radius 3 is 3.00 bits per heavy atom. The van der Waals surface area contributed by atoms with Crippen molar-refractivity contribution < 1.29 is 14.3 Å². The minimum absolute atomic E-state index is 0.0762. The Labute approximate surface area is 99.3 Å². The lowest BCUT2D eigenvalue weighted by molar-refractivity contribution is -0.116. The smallest absolute Gasteiger partial charge is 0.141 e. The molecule has 0 fully saturated rings. The predicted octanol–water partition coefficient (Wildman–Crippen LogP) is 2.42. The summed E-state index contributed by atoms with van der Waals surface area (Å²) in [7, 11) is 1.56. The van der Waals surface area contributed by atoms with E-state index in [-0.39, 0.29) is 5.78 Å². The lowest BCUT2D eigenvalue weighted by Gasteiger charge is -2.12. The van der Waals surface area contributed by atoms with Crippen LogP contribution >= 0.6 is 11.6 Å². The van der Waals surface area contributed by atoms with E-state index in [1.165, 1.54) is 0 Å². The van der Waals surface area contributed by atoms with Crippen LogP contribution in [0.2, 0.25) is 5.02 Å². The third kappa shape index (κ3) is 1.87. The van der Waals surface area contributed by atoms with Gasteiger partial charge in [-0.2, -0.15) is 0 Å². The SMILES string of the molecule is COc1c(CC(C)=O)cc2c(c1Cl)CCO2. The summed E-state index contributed by atoms with van der Waals surface area (Å²) in [5.41, 5.74) is 1.77. The molecule has 2 rings (SSSR count).